The first-order valence-corrected chi connectivity index (χ1v) is 9.68. The van der Waals surface area contributed by atoms with Crippen molar-refractivity contribution in [3.8, 4) is 0 Å². The van der Waals surface area contributed by atoms with E-state index in [1.807, 2.05) is 4.90 Å². The molecule has 8 heteroatoms. The maximum Gasteiger partial charge on any atom is 0.266 e. The number of amides is 1. The van der Waals surface area contributed by atoms with E-state index in [4.69, 9.17) is 0 Å². The van der Waals surface area contributed by atoms with Crippen molar-refractivity contribution in [3.63, 3.8) is 0 Å². The van der Waals surface area contributed by atoms with Gasteiger partial charge >= 0.3 is 0 Å². The van der Waals surface area contributed by atoms with Crippen LogP contribution in [0, 0.1) is 0 Å². The van der Waals surface area contributed by atoms with E-state index in [2.05, 4.69) is 10.3 Å². The molecule has 0 aromatic heterocycles. The van der Waals surface area contributed by atoms with E-state index in [-0.39, 0.29) is 10.8 Å². The Morgan fingerprint density at radius 3 is 2.46 bits per heavy atom. The topological polar surface area (TPSA) is 82.1 Å². The first-order valence-electron chi connectivity index (χ1n) is 8.24. The lowest BCUT2D eigenvalue weighted by molar-refractivity contribution is -0.115. The van der Waals surface area contributed by atoms with Gasteiger partial charge in [-0.15, -0.1) is 0 Å². The van der Waals surface area contributed by atoms with E-state index in [9.17, 15) is 13.2 Å². The van der Waals surface area contributed by atoms with Gasteiger partial charge in [0, 0.05) is 25.2 Å². The summed E-state index contributed by atoms with van der Waals surface area (Å²) in [6.45, 7) is 4.35. The van der Waals surface area contributed by atoms with Gasteiger partial charge in [0.15, 0.2) is 0 Å². The number of guanidine groups is 1. The number of aliphatic imine (C=N–C) groups is 1. The molecule has 0 radical (unpaired) electrons. The molecular weight excluding hydrogens is 328 g/mol. The maximum atomic E-state index is 12.9. The van der Waals surface area contributed by atoms with Crippen LogP contribution in [0.2, 0.25) is 0 Å². The highest BCUT2D eigenvalue weighted by Gasteiger charge is 2.34. The summed E-state index contributed by atoms with van der Waals surface area (Å²) in [7, 11) is -3.63. The van der Waals surface area contributed by atoms with Gasteiger partial charge in [0.25, 0.3) is 10.0 Å². The van der Waals surface area contributed by atoms with Gasteiger partial charge in [0.2, 0.25) is 11.9 Å². The van der Waals surface area contributed by atoms with Crippen LogP contribution in [-0.4, -0.2) is 55.7 Å². The number of hydrogen-bond donors (Lipinski definition) is 1. The SMILES string of the molecule is CCC(=O)Nc1ccc(S(=O)(=O)N2CCN=C2N2CCCC2)cc1. The van der Waals surface area contributed by atoms with Crippen LogP contribution >= 0.6 is 0 Å². The van der Waals surface area contributed by atoms with Crippen molar-refractivity contribution in [2.45, 2.75) is 31.1 Å². The number of anilines is 1. The number of carbonyl (C=O) groups is 1. The first-order chi connectivity index (χ1) is 11.5. The van der Waals surface area contributed by atoms with Crippen molar-refractivity contribution in [2.24, 2.45) is 4.99 Å². The molecule has 7 nitrogen and oxygen atoms in total. The third kappa shape index (κ3) is 3.24. The molecule has 24 heavy (non-hydrogen) atoms. The number of carbonyl (C=O) groups excluding carboxylic acids is 1. The molecule has 0 atom stereocenters. The predicted octanol–water partition coefficient (Wildman–Crippen LogP) is 1.49. The summed E-state index contributed by atoms with van der Waals surface area (Å²) in [4.78, 5) is 18.1. The molecule has 0 unspecified atom stereocenters. The van der Waals surface area contributed by atoms with E-state index < -0.39 is 10.0 Å². The van der Waals surface area contributed by atoms with Crippen LogP contribution in [0.25, 0.3) is 0 Å². The summed E-state index contributed by atoms with van der Waals surface area (Å²) < 4.78 is 27.2. The number of benzene rings is 1. The van der Waals surface area contributed by atoms with Crippen molar-refractivity contribution in [3.05, 3.63) is 24.3 Å². The van der Waals surface area contributed by atoms with Crippen molar-refractivity contribution in [2.75, 3.05) is 31.5 Å². The number of rotatable bonds is 4. The molecule has 3 rings (SSSR count). The van der Waals surface area contributed by atoms with Crippen LogP contribution in [0.4, 0.5) is 5.69 Å². The third-order valence-electron chi connectivity index (χ3n) is 4.22. The minimum atomic E-state index is -3.63. The van der Waals surface area contributed by atoms with Crippen LogP contribution in [-0.2, 0) is 14.8 Å². The Morgan fingerprint density at radius 2 is 1.83 bits per heavy atom. The van der Waals surface area contributed by atoms with Gasteiger partial charge in [-0.25, -0.2) is 12.7 Å². The summed E-state index contributed by atoms with van der Waals surface area (Å²) >= 11 is 0. The maximum absolute atomic E-state index is 12.9. The van der Waals surface area contributed by atoms with Crippen molar-refractivity contribution in [1.29, 1.82) is 0 Å². The monoisotopic (exact) mass is 350 g/mol. The fourth-order valence-corrected chi connectivity index (χ4v) is 4.35. The molecule has 1 saturated heterocycles. The van der Waals surface area contributed by atoms with E-state index in [1.54, 1.807) is 19.1 Å². The Kier molecular flexibility index (Phi) is 4.75. The standard InChI is InChI=1S/C16H22N4O3S/c1-2-15(21)18-13-5-7-14(8-6-13)24(22,23)20-12-9-17-16(20)19-10-3-4-11-19/h5-8H,2-4,9-12H2,1H3,(H,18,21). The first kappa shape index (κ1) is 16.8. The largest absolute Gasteiger partial charge is 0.342 e. The molecule has 1 N–H and O–H groups in total. The minimum absolute atomic E-state index is 0.103. The van der Waals surface area contributed by atoms with Crippen molar-refractivity contribution < 1.29 is 13.2 Å². The molecule has 2 heterocycles. The van der Waals surface area contributed by atoms with Gasteiger partial charge < -0.3 is 10.2 Å². The van der Waals surface area contributed by atoms with Crippen LogP contribution in [0.15, 0.2) is 34.2 Å². The fraction of sp³-hybridized carbons (Fsp3) is 0.500. The molecule has 2 aliphatic heterocycles. The third-order valence-corrected chi connectivity index (χ3v) is 6.01. The molecule has 0 bridgehead atoms. The number of nitrogens with zero attached hydrogens (tertiary/aromatic N) is 3. The van der Waals surface area contributed by atoms with Gasteiger partial charge in [-0.3, -0.25) is 9.79 Å². The summed E-state index contributed by atoms with van der Waals surface area (Å²) in [6, 6.07) is 6.29. The minimum Gasteiger partial charge on any atom is -0.342 e. The van der Waals surface area contributed by atoms with E-state index in [0.29, 0.717) is 31.2 Å². The van der Waals surface area contributed by atoms with Crippen LogP contribution < -0.4 is 5.32 Å². The molecule has 2 aliphatic rings. The molecule has 1 fully saturated rings. The molecule has 0 aliphatic carbocycles. The molecule has 1 aromatic rings. The van der Waals surface area contributed by atoms with Crippen molar-refractivity contribution in [1.82, 2.24) is 9.21 Å². The van der Waals surface area contributed by atoms with Gasteiger partial charge in [-0.1, -0.05) is 6.92 Å². The number of likely N-dealkylation sites (tertiary alicyclic amines) is 1. The highest BCUT2D eigenvalue weighted by molar-refractivity contribution is 7.89. The van der Waals surface area contributed by atoms with Gasteiger partial charge in [-0.2, -0.15) is 0 Å². The van der Waals surface area contributed by atoms with E-state index >= 15 is 0 Å². The molecule has 1 aromatic carbocycles. The molecule has 0 saturated carbocycles. The smallest absolute Gasteiger partial charge is 0.266 e. The second kappa shape index (κ2) is 6.80. The Hall–Kier alpha value is -2.09. The van der Waals surface area contributed by atoms with Gasteiger partial charge in [-0.05, 0) is 37.1 Å². The molecule has 1 amide bonds. The van der Waals surface area contributed by atoms with E-state index in [0.717, 1.165) is 25.9 Å². The zero-order valence-electron chi connectivity index (χ0n) is 13.7. The molecular formula is C16H22N4O3S. The zero-order valence-corrected chi connectivity index (χ0v) is 14.6. The summed E-state index contributed by atoms with van der Waals surface area (Å²) in [5.41, 5.74) is 0.593. The molecule has 0 spiro atoms. The fourth-order valence-electron chi connectivity index (χ4n) is 2.91. The van der Waals surface area contributed by atoms with Crippen LogP contribution in [0.1, 0.15) is 26.2 Å². The lowest BCUT2D eigenvalue weighted by Crippen LogP contribution is -2.43. The average Bonchev–Trinajstić information content (AvgIpc) is 3.26. The number of hydrogen-bond acceptors (Lipinski definition) is 5. The Balaban J connectivity index is 1.79. The lowest BCUT2D eigenvalue weighted by atomic mass is 10.3. The van der Waals surface area contributed by atoms with Crippen molar-refractivity contribution >= 4 is 27.6 Å². The van der Waals surface area contributed by atoms with E-state index in [1.165, 1.54) is 16.4 Å². The van der Waals surface area contributed by atoms with Crippen LogP contribution in [0.5, 0.6) is 0 Å². The quantitative estimate of drug-likeness (QED) is 0.892. The summed E-state index contributed by atoms with van der Waals surface area (Å²) in [5, 5.41) is 2.71. The number of sulfonamides is 1. The van der Waals surface area contributed by atoms with Gasteiger partial charge in [0.1, 0.15) is 0 Å². The normalized spacial score (nSPS) is 18.0. The Bertz CT molecular complexity index is 737. The summed E-state index contributed by atoms with van der Waals surface area (Å²) in [5.74, 6) is 0.462. The predicted molar refractivity (Wildman–Crippen MR) is 92.4 cm³/mol. The summed E-state index contributed by atoms with van der Waals surface area (Å²) in [6.07, 6.45) is 2.51. The Labute approximate surface area is 142 Å². The zero-order chi connectivity index (χ0) is 17.2. The Morgan fingerprint density at radius 1 is 1.17 bits per heavy atom. The number of nitrogens with one attached hydrogen (secondary N) is 1. The highest BCUT2D eigenvalue weighted by Crippen LogP contribution is 2.23. The average molecular weight is 350 g/mol. The van der Waals surface area contributed by atoms with Crippen LogP contribution in [0.3, 0.4) is 0 Å². The second-order valence-electron chi connectivity index (χ2n) is 5.88. The lowest BCUT2D eigenvalue weighted by Gasteiger charge is -2.26. The molecule has 130 valence electrons. The van der Waals surface area contributed by atoms with Gasteiger partial charge in [0.05, 0.1) is 18.0 Å². The second-order valence-corrected chi connectivity index (χ2v) is 7.74. The highest BCUT2D eigenvalue weighted by atomic mass is 32.2.